The first-order valence-corrected chi connectivity index (χ1v) is 9.05. The molecule has 3 rings (SSSR count). The number of amides is 2. The maximum atomic E-state index is 12.3. The van der Waals surface area contributed by atoms with Crippen LogP contribution in [0.4, 0.5) is 0 Å². The predicted octanol–water partition coefficient (Wildman–Crippen LogP) is 3.47. The van der Waals surface area contributed by atoms with Crippen LogP contribution in [0.15, 0.2) is 66.7 Å². The largest absolute Gasteiger partial charge is 0.494 e. The van der Waals surface area contributed by atoms with Gasteiger partial charge in [0.05, 0.1) is 6.61 Å². The fourth-order valence-electron chi connectivity index (χ4n) is 2.66. The van der Waals surface area contributed by atoms with Crippen LogP contribution >= 0.6 is 0 Å². The van der Waals surface area contributed by atoms with E-state index in [1.807, 2.05) is 37.3 Å². The van der Waals surface area contributed by atoms with Crippen molar-refractivity contribution in [2.75, 3.05) is 6.61 Å². The Hall–Kier alpha value is -3.54. The minimum Gasteiger partial charge on any atom is -0.494 e. The zero-order valence-corrected chi connectivity index (χ0v) is 15.8. The lowest BCUT2D eigenvalue weighted by molar-refractivity contribution is -0.128. The zero-order chi connectivity index (χ0) is 19.9. The number of hydrogen-bond acceptors (Lipinski definition) is 4. The van der Waals surface area contributed by atoms with Crippen LogP contribution in [-0.2, 0) is 4.79 Å². The third-order valence-electron chi connectivity index (χ3n) is 4.13. The van der Waals surface area contributed by atoms with Gasteiger partial charge in [-0.3, -0.25) is 20.4 Å². The fraction of sp³-hybridized carbons (Fsp3) is 0.182. The number of benzene rings is 3. The van der Waals surface area contributed by atoms with Gasteiger partial charge >= 0.3 is 0 Å². The number of fused-ring (bicyclic) bond motifs is 1. The number of ether oxygens (including phenoxy) is 2. The van der Waals surface area contributed by atoms with Crippen molar-refractivity contribution in [2.45, 2.75) is 20.0 Å². The Labute approximate surface area is 163 Å². The molecule has 6 heteroatoms. The van der Waals surface area contributed by atoms with E-state index in [-0.39, 0.29) is 0 Å². The summed E-state index contributed by atoms with van der Waals surface area (Å²) in [5.74, 6) is 0.414. The van der Waals surface area contributed by atoms with E-state index in [0.717, 1.165) is 16.5 Å². The molecule has 0 bridgehead atoms. The Bertz CT molecular complexity index is 970. The van der Waals surface area contributed by atoms with Crippen LogP contribution < -0.4 is 20.3 Å². The van der Waals surface area contributed by atoms with E-state index in [1.54, 1.807) is 43.3 Å². The Morgan fingerprint density at radius 2 is 1.57 bits per heavy atom. The molecule has 0 aromatic heterocycles. The van der Waals surface area contributed by atoms with Gasteiger partial charge in [-0.1, -0.05) is 30.3 Å². The molecule has 0 heterocycles. The minimum absolute atomic E-state index is 0.396. The van der Waals surface area contributed by atoms with Crippen LogP contribution in [0.5, 0.6) is 11.5 Å². The van der Waals surface area contributed by atoms with Gasteiger partial charge in [0.1, 0.15) is 11.5 Å². The molecule has 2 amide bonds. The number of nitrogens with one attached hydrogen (secondary N) is 2. The lowest BCUT2D eigenvalue weighted by Gasteiger charge is -2.15. The minimum atomic E-state index is -0.783. The standard InChI is InChI=1S/C22H22N2O4/c1-3-27-19-10-12-20(13-11-19)28-15(2)21(25)23-24-22(26)18-9-8-16-6-4-5-7-17(16)14-18/h4-15H,3H2,1-2H3,(H,23,25)(H,24,26). The average molecular weight is 378 g/mol. The van der Waals surface area contributed by atoms with Gasteiger partial charge in [0.25, 0.3) is 11.8 Å². The molecule has 0 saturated carbocycles. The lowest BCUT2D eigenvalue weighted by Crippen LogP contribution is -2.47. The lowest BCUT2D eigenvalue weighted by atomic mass is 10.1. The summed E-state index contributed by atoms with van der Waals surface area (Å²) < 4.78 is 11.0. The highest BCUT2D eigenvalue weighted by Crippen LogP contribution is 2.18. The maximum absolute atomic E-state index is 12.3. The van der Waals surface area contributed by atoms with Crippen molar-refractivity contribution in [1.29, 1.82) is 0 Å². The molecule has 0 aliphatic heterocycles. The first kappa shape index (κ1) is 19.2. The van der Waals surface area contributed by atoms with Crippen molar-refractivity contribution < 1.29 is 19.1 Å². The quantitative estimate of drug-likeness (QED) is 0.644. The van der Waals surface area contributed by atoms with Crippen molar-refractivity contribution in [3.8, 4) is 11.5 Å². The van der Waals surface area contributed by atoms with E-state index in [0.29, 0.717) is 17.9 Å². The van der Waals surface area contributed by atoms with Crippen LogP contribution in [0, 0.1) is 0 Å². The SMILES string of the molecule is CCOc1ccc(OC(C)C(=O)NNC(=O)c2ccc3ccccc3c2)cc1. The molecule has 0 aliphatic carbocycles. The number of carbonyl (C=O) groups excluding carboxylic acids is 2. The summed E-state index contributed by atoms with van der Waals surface area (Å²) in [5, 5.41) is 1.99. The average Bonchev–Trinajstić information content (AvgIpc) is 2.73. The van der Waals surface area contributed by atoms with Crippen molar-refractivity contribution in [3.05, 3.63) is 72.3 Å². The fourth-order valence-corrected chi connectivity index (χ4v) is 2.66. The van der Waals surface area contributed by atoms with Crippen LogP contribution in [0.2, 0.25) is 0 Å². The molecule has 6 nitrogen and oxygen atoms in total. The second kappa shape index (κ2) is 8.90. The molecular formula is C22H22N2O4. The Kier molecular flexibility index (Phi) is 6.11. The third-order valence-corrected chi connectivity index (χ3v) is 4.13. The van der Waals surface area contributed by atoms with E-state index in [1.165, 1.54) is 0 Å². The van der Waals surface area contributed by atoms with E-state index in [2.05, 4.69) is 10.9 Å². The summed E-state index contributed by atoms with van der Waals surface area (Å²) in [4.78, 5) is 24.5. The number of hydrogen-bond donors (Lipinski definition) is 2. The highest BCUT2D eigenvalue weighted by Gasteiger charge is 2.16. The van der Waals surface area contributed by atoms with Gasteiger partial charge in [0, 0.05) is 5.56 Å². The monoisotopic (exact) mass is 378 g/mol. The van der Waals surface area contributed by atoms with Crippen LogP contribution in [-0.4, -0.2) is 24.5 Å². The first-order valence-electron chi connectivity index (χ1n) is 9.05. The number of rotatable bonds is 6. The van der Waals surface area contributed by atoms with Crippen molar-refractivity contribution in [3.63, 3.8) is 0 Å². The molecule has 3 aromatic rings. The molecule has 3 aromatic carbocycles. The summed E-state index contributed by atoms with van der Waals surface area (Å²) in [6, 6.07) is 20.1. The highest BCUT2D eigenvalue weighted by molar-refractivity contribution is 5.99. The van der Waals surface area contributed by atoms with Crippen molar-refractivity contribution in [1.82, 2.24) is 10.9 Å². The zero-order valence-electron chi connectivity index (χ0n) is 15.8. The van der Waals surface area contributed by atoms with Gasteiger partial charge in [-0.2, -0.15) is 0 Å². The summed E-state index contributed by atoms with van der Waals surface area (Å²) in [7, 11) is 0. The van der Waals surface area contributed by atoms with Gasteiger partial charge in [0.15, 0.2) is 6.10 Å². The van der Waals surface area contributed by atoms with E-state index < -0.39 is 17.9 Å². The summed E-state index contributed by atoms with van der Waals surface area (Å²) in [5.41, 5.74) is 5.27. The second-order valence-corrected chi connectivity index (χ2v) is 6.17. The molecule has 0 fully saturated rings. The van der Waals surface area contributed by atoms with Crippen molar-refractivity contribution >= 4 is 22.6 Å². The van der Waals surface area contributed by atoms with Gasteiger partial charge in [0.2, 0.25) is 0 Å². The van der Waals surface area contributed by atoms with Gasteiger partial charge in [-0.15, -0.1) is 0 Å². The molecule has 144 valence electrons. The Morgan fingerprint density at radius 3 is 2.29 bits per heavy atom. The predicted molar refractivity (Wildman–Crippen MR) is 107 cm³/mol. The normalized spacial score (nSPS) is 11.5. The van der Waals surface area contributed by atoms with E-state index in [4.69, 9.17) is 9.47 Å². The highest BCUT2D eigenvalue weighted by atomic mass is 16.5. The molecule has 28 heavy (non-hydrogen) atoms. The maximum Gasteiger partial charge on any atom is 0.279 e. The van der Waals surface area contributed by atoms with E-state index in [9.17, 15) is 9.59 Å². The van der Waals surface area contributed by atoms with Crippen LogP contribution in [0.1, 0.15) is 24.2 Å². The van der Waals surface area contributed by atoms with Crippen molar-refractivity contribution in [2.24, 2.45) is 0 Å². The van der Waals surface area contributed by atoms with Crippen LogP contribution in [0.25, 0.3) is 10.8 Å². The van der Waals surface area contributed by atoms with Gasteiger partial charge < -0.3 is 9.47 Å². The van der Waals surface area contributed by atoms with Crippen LogP contribution in [0.3, 0.4) is 0 Å². The molecule has 1 atom stereocenters. The molecule has 0 saturated heterocycles. The Balaban J connectivity index is 1.53. The molecule has 0 radical (unpaired) electrons. The molecule has 0 spiro atoms. The summed E-state index contributed by atoms with van der Waals surface area (Å²) in [6.45, 7) is 4.09. The molecule has 0 aliphatic rings. The second-order valence-electron chi connectivity index (χ2n) is 6.17. The first-order chi connectivity index (χ1) is 13.6. The third kappa shape index (κ3) is 4.79. The number of hydrazine groups is 1. The van der Waals surface area contributed by atoms with Gasteiger partial charge in [-0.05, 0) is 61.0 Å². The van der Waals surface area contributed by atoms with E-state index >= 15 is 0 Å². The van der Waals surface area contributed by atoms with Gasteiger partial charge in [-0.25, -0.2) is 0 Å². The topological polar surface area (TPSA) is 76.7 Å². The Morgan fingerprint density at radius 1 is 0.893 bits per heavy atom. The summed E-state index contributed by atoms with van der Waals surface area (Å²) in [6.07, 6.45) is -0.783. The smallest absolute Gasteiger partial charge is 0.279 e. The summed E-state index contributed by atoms with van der Waals surface area (Å²) >= 11 is 0. The molecule has 1 unspecified atom stereocenters. The molecular weight excluding hydrogens is 356 g/mol. The molecule has 2 N–H and O–H groups in total. The number of carbonyl (C=O) groups is 2.